The first-order chi connectivity index (χ1) is 4.46. The molecule has 1 aliphatic carbocycles. The summed E-state index contributed by atoms with van der Waals surface area (Å²) in [5.74, 6) is 0. The van der Waals surface area contributed by atoms with Gasteiger partial charge in [-0.3, -0.25) is 0 Å². The van der Waals surface area contributed by atoms with Crippen LogP contribution in [0.1, 0.15) is 32.6 Å². The summed E-state index contributed by atoms with van der Waals surface area (Å²) in [5.41, 5.74) is 0. The van der Waals surface area contributed by atoms with Crippen LogP contribution in [-0.2, 0) is 4.57 Å². The van der Waals surface area contributed by atoms with Crippen molar-refractivity contribution in [3.63, 3.8) is 0 Å². The molecule has 10 heavy (non-hydrogen) atoms. The third-order valence-corrected chi connectivity index (χ3v) is 4.01. The molecule has 1 rings (SSSR count). The zero-order valence-electron chi connectivity index (χ0n) is 5.94. The van der Waals surface area contributed by atoms with Gasteiger partial charge in [0, 0.05) is 0 Å². The summed E-state index contributed by atoms with van der Waals surface area (Å²) in [4.78, 5) is 0. The first-order valence-electron chi connectivity index (χ1n) is 3.45. The van der Waals surface area contributed by atoms with Gasteiger partial charge in [0.15, 0.2) is 0 Å². The summed E-state index contributed by atoms with van der Waals surface area (Å²) < 4.78 is 35.1. The topological polar surface area (TPSA) is 17.1 Å². The van der Waals surface area contributed by atoms with Gasteiger partial charge in [0.1, 0.15) is 0 Å². The minimum Gasteiger partial charge on any atom is -0.249 e. The number of halogens is 2. The molecule has 0 aromatic rings. The molecule has 4 heteroatoms. The molecule has 0 N–H and O–H groups in total. The maximum atomic E-state index is 12.4. The summed E-state index contributed by atoms with van der Waals surface area (Å²) in [6, 6.07) is 0. The standard InChI is InChI=1S/C6H11F2OP/c1-6(10(7,8)9)4-2-3-5-6/h2-5H2,1H3. The van der Waals surface area contributed by atoms with Gasteiger partial charge in [-0.1, -0.05) is 12.8 Å². The van der Waals surface area contributed by atoms with Gasteiger partial charge in [-0.15, -0.1) is 0 Å². The Labute approximate surface area is 59.4 Å². The van der Waals surface area contributed by atoms with Crippen LogP contribution in [0.15, 0.2) is 0 Å². The van der Waals surface area contributed by atoms with Crippen LogP contribution in [0, 0.1) is 0 Å². The van der Waals surface area contributed by atoms with Crippen molar-refractivity contribution in [2.45, 2.75) is 37.8 Å². The summed E-state index contributed by atoms with van der Waals surface area (Å²) in [6.07, 6.45) is 2.46. The average molecular weight is 168 g/mol. The second-order valence-electron chi connectivity index (χ2n) is 3.17. The minimum absolute atomic E-state index is 0.428. The van der Waals surface area contributed by atoms with Gasteiger partial charge in [-0.05, 0) is 19.8 Å². The highest BCUT2D eigenvalue weighted by atomic mass is 31.2. The molecule has 1 fully saturated rings. The molecule has 1 saturated carbocycles. The molecule has 1 nitrogen and oxygen atoms in total. The molecule has 0 atom stereocenters. The molecule has 0 saturated heterocycles. The zero-order valence-corrected chi connectivity index (χ0v) is 6.83. The predicted octanol–water partition coefficient (Wildman–Crippen LogP) is 3.45. The van der Waals surface area contributed by atoms with Gasteiger partial charge < -0.3 is 0 Å². The Morgan fingerprint density at radius 2 is 1.70 bits per heavy atom. The predicted molar refractivity (Wildman–Crippen MR) is 36.7 cm³/mol. The van der Waals surface area contributed by atoms with Crippen molar-refractivity contribution in [3.05, 3.63) is 0 Å². The molecule has 0 aromatic carbocycles. The van der Waals surface area contributed by atoms with Crippen LogP contribution in [-0.4, -0.2) is 5.16 Å². The lowest BCUT2D eigenvalue weighted by molar-refractivity contribution is 0.437. The van der Waals surface area contributed by atoms with Gasteiger partial charge in [-0.2, -0.15) is 8.39 Å². The molecular formula is C6H11F2OP. The summed E-state index contributed by atoms with van der Waals surface area (Å²) in [6.45, 7) is 1.43. The van der Waals surface area contributed by atoms with Crippen molar-refractivity contribution < 1.29 is 13.0 Å². The summed E-state index contributed by atoms with van der Waals surface area (Å²) >= 11 is 0. The molecule has 0 unspecified atom stereocenters. The molecule has 0 amide bonds. The van der Waals surface area contributed by atoms with Crippen molar-refractivity contribution in [2.24, 2.45) is 0 Å². The van der Waals surface area contributed by atoms with Crippen LogP contribution in [0.3, 0.4) is 0 Å². The van der Waals surface area contributed by atoms with E-state index < -0.39 is 12.9 Å². The Bertz CT molecular complexity index is 169. The van der Waals surface area contributed by atoms with Crippen molar-refractivity contribution in [3.8, 4) is 0 Å². The highest BCUT2D eigenvalue weighted by Crippen LogP contribution is 2.66. The largest absolute Gasteiger partial charge is 0.408 e. The molecule has 0 radical (unpaired) electrons. The first-order valence-corrected chi connectivity index (χ1v) is 4.94. The lowest BCUT2D eigenvalue weighted by Crippen LogP contribution is -2.15. The fourth-order valence-corrected chi connectivity index (χ4v) is 2.23. The highest BCUT2D eigenvalue weighted by molar-refractivity contribution is 7.54. The van der Waals surface area contributed by atoms with E-state index in [1.54, 1.807) is 0 Å². The van der Waals surface area contributed by atoms with E-state index >= 15 is 0 Å². The average Bonchev–Trinajstić information content (AvgIpc) is 2.13. The van der Waals surface area contributed by atoms with Crippen LogP contribution in [0.4, 0.5) is 8.39 Å². The van der Waals surface area contributed by atoms with Crippen molar-refractivity contribution >= 4 is 7.76 Å². The second kappa shape index (κ2) is 2.30. The third kappa shape index (κ3) is 1.24. The second-order valence-corrected chi connectivity index (χ2v) is 5.17. The fraction of sp³-hybridized carbons (Fsp3) is 1.00. The lowest BCUT2D eigenvalue weighted by Gasteiger charge is -2.20. The van der Waals surface area contributed by atoms with Gasteiger partial charge in [0.05, 0.1) is 5.16 Å². The maximum Gasteiger partial charge on any atom is 0.408 e. The van der Waals surface area contributed by atoms with Gasteiger partial charge in [0.2, 0.25) is 0 Å². The molecular weight excluding hydrogens is 157 g/mol. The normalized spacial score (nSPS) is 25.1. The number of hydrogen-bond acceptors (Lipinski definition) is 1. The zero-order chi connectivity index (χ0) is 7.83. The van der Waals surface area contributed by atoms with E-state index in [1.165, 1.54) is 6.92 Å². The molecule has 0 heterocycles. The molecule has 60 valence electrons. The van der Waals surface area contributed by atoms with E-state index in [0.717, 1.165) is 12.8 Å². The van der Waals surface area contributed by atoms with Crippen LogP contribution < -0.4 is 0 Å². The molecule has 1 aliphatic rings. The van der Waals surface area contributed by atoms with E-state index in [-0.39, 0.29) is 0 Å². The molecule has 0 bridgehead atoms. The lowest BCUT2D eigenvalue weighted by atomic mass is 10.1. The number of hydrogen-bond donors (Lipinski definition) is 0. The van der Waals surface area contributed by atoms with Crippen LogP contribution in [0.25, 0.3) is 0 Å². The molecule has 0 spiro atoms. The minimum atomic E-state index is -4.83. The van der Waals surface area contributed by atoms with Crippen molar-refractivity contribution in [1.29, 1.82) is 0 Å². The van der Waals surface area contributed by atoms with Gasteiger partial charge >= 0.3 is 7.76 Å². The molecule has 0 aromatic heterocycles. The van der Waals surface area contributed by atoms with E-state index in [0.29, 0.717) is 12.8 Å². The Kier molecular flexibility index (Phi) is 1.88. The Morgan fingerprint density at radius 1 is 1.30 bits per heavy atom. The van der Waals surface area contributed by atoms with E-state index in [2.05, 4.69) is 0 Å². The van der Waals surface area contributed by atoms with E-state index in [9.17, 15) is 13.0 Å². The number of rotatable bonds is 1. The van der Waals surface area contributed by atoms with E-state index in [1.807, 2.05) is 0 Å². The fourth-order valence-electron chi connectivity index (χ4n) is 1.40. The van der Waals surface area contributed by atoms with Gasteiger partial charge in [-0.25, -0.2) is 4.57 Å². The van der Waals surface area contributed by atoms with Crippen molar-refractivity contribution in [2.75, 3.05) is 0 Å². The van der Waals surface area contributed by atoms with Crippen LogP contribution in [0.2, 0.25) is 0 Å². The quantitative estimate of drug-likeness (QED) is 0.548. The Balaban J connectivity index is 2.78. The third-order valence-electron chi connectivity index (χ3n) is 2.31. The van der Waals surface area contributed by atoms with E-state index in [4.69, 9.17) is 0 Å². The van der Waals surface area contributed by atoms with Crippen LogP contribution >= 0.6 is 7.76 Å². The van der Waals surface area contributed by atoms with Crippen molar-refractivity contribution in [1.82, 2.24) is 0 Å². The first kappa shape index (κ1) is 8.19. The smallest absolute Gasteiger partial charge is 0.249 e. The maximum absolute atomic E-state index is 12.4. The van der Waals surface area contributed by atoms with Gasteiger partial charge in [0.25, 0.3) is 0 Å². The highest BCUT2D eigenvalue weighted by Gasteiger charge is 2.47. The summed E-state index contributed by atoms with van der Waals surface area (Å²) in [5, 5.41) is -1.15. The SMILES string of the molecule is CC1(P(=O)(F)F)CCCC1. The monoisotopic (exact) mass is 168 g/mol. The Morgan fingerprint density at radius 3 is 1.90 bits per heavy atom. The summed E-state index contributed by atoms with van der Waals surface area (Å²) in [7, 11) is -4.83. The Hall–Kier alpha value is 0.0900. The van der Waals surface area contributed by atoms with Crippen LogP contribution in [0.5, 0.6) is 0 Å². The molecule has 0 aliphatic heterocycles.